The van der Waals surface area contributed by atoms with Gasteiger partial charge in [-0.15, -0.1) is 0 Å². The van der Waals surface area contributed by atoms with E-state index in [4.69, 9.17) is 0 Å². The summed E-state index contributed by atoms with van der Waals surface area (Å²) in [4.78, 5) is 0. The highest BCUT2D eigenvalue weighted by Crippen LogP contribution is 2.47. The SMILES string of the molecule is C/C=C/SSSSSC. The molecule has 0 fully saturated rings. The van der Waals surface area contributed by atoms with E-state index in [0.717, 1.165) is 0 Å². The molecular weight excluding hydrogens is 208 g/mol. The number of allylic oxidation sites excluding steroid dienone is 1. The van der Waals surface area contributed by atoms with Gasteiger partial charge in [-0.1, -0.05) is 27.7 Å². The molecule has 0 radical (unpaired) electrons. The standard InChI is InChI=1S/C4H8S5/c1-3-4-6-8-9-7-5-2/h3-4H,1-2H3/b4-3+. The second-order valence-electron chi connectivity index (χ2n) is 0.936. The fourth-order valence-electron chi connectivity index (χ4n) is 0.133. The molecule has 0 amide bonds. The van der Waals surface area contributed by atoms with Gasteiger partial charge in [-0.3, -0.25) is 0 Å². The Bertz CT molecular complexity index is 71.4. The Balaban J connectivity index is 2.75. The molecule has 0 N–H and O–H groups in total. The van der Waals surface area contributed by atoms with Gasteiger partial charge in [0.25, 0.3) is 0 Å². The Labute approximate surface area is 75.4 Å². The molecule has 0 aromatic heterocycles. The fraction of sp³-hybridized carbons (Fsp3) is 0.500. The summed E-state index contributed by atoms with van der Waals surface area (Å²) in [5.41, 5.74) is 0. The minimum Gasteiger partial charge on any atom is -0.0851 e. The molecular formula is C4H8S5. The van der Waals surface area contributed by atoms with Gasteiger partial charge < -0.3 is 0 Å². The molecule has 54 valence electrons. The molecule has 0 aromatic carbocycles. The van der Waals surface area contributed by atoms with E-state index in [1.165, 1.54) is 0 Å². The van der Waals surface area contributed by atoms with E-state index < -0.39 is 0 Å². The van der Waals surface area contributed by atoms with E-state index in [0.29, 0.717) is 0 Å². The molecule has 0 heterocycles. The second kappa shape index (κ2) is 9.49. The van der Waals surface area contributed by atoms with E-state index in [1.807, 2.05) is 13.0 Å². The summed E-state index contributed by atoms with van der Waals surface area (Å²) in [6, 6.07) is 0. The monoisotopic (exact) mass is 216 g/mol. The van der Waals surface area contributed by atoms with E-state index in [9.17, 15) is 0 Å². The summed E-state index contributed by atoms with van der Waals surface area (Å²) in [5.74, 6) is 0. The molecule has 5 heteroatoms. The lowest BCUT2D eigenvalue weighted by atomic mass is 10.8. The molecule has 0 spiro atoms. The first-order chi connectivity index (χ1) is 4.41. The van der Waals surface area contributed by atoms with Crippen LogP contribution < -0.4 is 0 Å². The van der Waals surface area contributed by atoms with Crippen molar-refractivity contribution in [1.29, 1.82) is 0 Å². The molecule has 0 saturated carbocycles. The van der Waals surface area contributed by atoms with Crippen LogP contribution in [0.3, 0.4) is 0 Å². The zero-order valence-electron chi connectivity index (χ0n) is 5.20. The number of hydrogen-bond donors (Lipinski definition) is 0. The third-order valence-corrected chi connectivity index (χ3v) is 8.31. The minimum atomic E-state index is 1.76. The summed E-state index contributed by atoms with van der Waals surface area (Å²) >= 11 is 0. The smallest absolute Gasteiger partial charge is 0.00140 e. The zero-order chi connectivity index (χ0) is 6.95. The Morgan fingerprint density at radius 3 is 2.44 bits per heavy atom. The highest BCUT2D eigenvalue weighted by Gasteiger charge is 1.85. The van der Waals surface area contributed by atoms with Crippen molar-refractivity contribution in [2.45, 2.75) is 6.92 Å². The van der Waals surface area contributed by atoms with Gasteiger partial charge in [0.05, 0.1) is 0 Å². The maximum atomic E-state index is 2.08. The summed E-state index contributed by atoms with van der Waals surface area (Å²) in [6.45, 7) is 2.03. The highest BCUT2D eigenvalue weighted by atomic mass is 33.8. The third-order valence-electron chi connectivity index (χ3n) is 0.355. The van der Waals surface area contributed by atoms with Crippen LogP contribution in [0.4, 0.5) is 0 Å². The van der Waals surface area contributed by atoms with Crippen LogP contribution >= 0.6 is 51.1 Å². The van der Waals surface area contributed by atoms with Crippen molar-refractivity contribution >= 4 is 51.1 Å². The van der Waals surface area contributed by atoms with Crippen LogP contribution in [0.5, 0.6) is 0 Å². The predicted molar refractivity (Wildman–Crippen MR) is 58.7 cm³/mol. The molecule has 9 heavy (non-hydrogen) atoms. The van der Waals surface area contributed by atoms with E-state index in [2.05, 4.69) is 11.7 Å². The van der Waals surface area contributed by atoms with Crippen LogP contribution in [0.2, 0.25) is 0 Å². The van der Waals surface area contributed by atoms with Crippen molar-refractivity contribution in [2.75, 3.05) is 6.26 Å². The molecule has 0 saturated heterocycles. The molecule has 0 unspecified atom stereocenters. The lowest BCUT2D eigenvalue weighted by molar-refractivity contribution is 1.79. The van der Waals surface area contributed by atoms with E-state index in [-0.39, 0.29) is 0 Å². The average molecular weight is 216 g/mol. The van der Waals surface area contributed by atoms with Gasteiger partial charge in [-0.25, -0.2) is 0 Å². The first-order valence-corrected chi connectivity index (χ1v) is 8.84. The van der Waals surface area contributed by atoms with Crippen molar-refractivity contribution < 1.29 is 0 Å². The molecule has 0 aliphatic carbocycles. The van der Waals surface area contributed by atoms with Gasteiger partial charge in [-0.05, 0) is 48.1 Å². The normalized spacial score (nSPS) is 10.9. The topological polar surface area (TPSA) is 0 Å². The van der Waals surface area contributed by atoms with Crippen LogP contribution in [-0.4, -0.2) is 6.26 Å². The number of hydrogen-bond acceptors (Lipinski definition) is 5. The van der Waals surface area contributed by atoms with Crippen LogP contribution in [0.1, 0.15) is 6.92 Å². The molecule has 0 rings (SSSR count). The zero-order valence-corrected chi connectivity index (χ0v) is 9.28. The van der Waals surface area contributed by atoms with Gasteiger partial charge in [0.2, 0.25) is 0 Å². The van der Waals surface area contributed by atoms with Crippen LogP contribution in [0, 0.1) is 0 Å². The van der Waals surface area contributed by atoms with Gasteiger partial charge in [0, 0.05) is 0 Å². The van der Waals surface area contributed by atoms with Crippen LogP contribution in [0.15, 0.2) is 11.5 Å². The summed E-state index contributed by atoms with van der Waals surface area (Å²) in [5, 5.41) is 2.08. The summed E-state index contributed by atoms with van der Waals surface area (Å²) in [7, 11) is 8.93. The molecule has 0 nitrogen and oxygen atoms in total. The Hall–Kier alpha value is 1.49. The highest BCUT2D eigenvalue weighted by molar-refractivity contribution is 9.35. The minimum absolute atomic E-state index is 1.76. The largest absolute Gasteiger partial charge is 0.0851 e. The van der Waals surface area contributed by atoms with Crippen molar-refractivity contribution in [3.63, 3.8) is 0 Å². The maximum Gasteiger partial charge on any atom is -0.00140 e. The van der Waals surface area contributed by atoms with Crippen LogP contribution in [0.25, 0.3) is 0 Å². The first-order valence-electron chi connectivity index (χ1n) is 2.22. The maximum absolute atomic E-state index is 2.08. The molecule has 0 aliphatic rings. The van der Waals surface area contributed by atoms with E-state index in [1.54, 1.807) is 51.1 Å². The second-order valence-corrected chi connectivity index (χ2v) is 8.62. The van der Waals surface area contributed by atoms with Gasteiger partial charge in [-0.2, -0.15) is 0 Å². The van der Waals surface area contributed by atoms with Crippen molar-refractivity contribution in [2.24, 2.45) is 0 Å². The molecule has 0 aliphatic heterocycles. The molecule has 0 bridgehead atoms. The molecule has 0 aromatic rings. The number of rotatable bonds is 5. The van der Waals surface area contributed by atoms with Crippen molar-refractivity contribution in [3.8, 4) is 0 Å². The quantitative estimate of drug-likeness (QED) is 0.489. The van der Waals surface area contributed by atoms with Crippen molar-refractivity contribution in [3.05, 3.63) is 11.5 Å². The Morgan fingerprint density at radius 1 is 1.11 bits per heavy atom. The van der Waals surface area contributed by atoms with Gasteiger partial charge >= 0.3 is 0 Å². The summed E-state index contributed by atoms with van der Waals surface area (Å²) in [6.07, 6.45) is 4.13. The van der Waals surface area contributed by atoms with Crippen LogP contribution in [-0.2, 0) is 0 Å². The average Bonchev–Trinajstić information content (AvgIpc) is 1.89. The predicted octanol–water partition coefficient (Wildman–Crippen LogP) is 4.48. The first kappa shape index (κ1) is 10.5. The Kier molecular flexibility index (Phi) is 11.1. The third kappa shape index (κ3) is 9.49. The van der Waals surface area contributed by atoms with Gasteiger partial charge in [0.1, 0.15) is 0 Å². The summed E-state index contributed by atoms with van der Waals surface area (Å²) < 4.78 is 0. The van der Waals surface area contributed by atoms with E-state index >= 15 is 0 Å². The lowest BCUT2D eigenvalue weighted by Crippen LogP contribution is -1.35. The van der Waals surface area contributed by atoms with Crippen molar-refractivity contribution in [1.82, 2.24) is 0 Å². The lowest BCUT2D eigenvalue weighted by Gasteiger charge is -1.89. The fourth-order valence-corrected chi connectivity index (χ4v) is 7.42. The van der Waals surface area contributed by atoms with Gasteiger partial charge in [0.15, 0.2) is 0 Å². The molecule has 0 atom stereocenters. The Morgan fingerprint density at radius 2 is 1.89 bits per heavy atom.